The summed E-state index contributed by atoms with van der Waals surface area (Å²) in [5.41, 5.74) is 8.91. The molecular weight excluding hydrogens is 319 g/mol. The van der Waals surface area contributed by atoms with Gasteiger partial charge in [0.1, 0.15) is 5.82 Å². The quantitative estimate of drug-likeness (QED) is 0.770. The maximum absolute atomic E-state index is 13.4. The Balaban J connectivity index is 2.05. The molecular formula is C16H14BrFN2. The molecule has 4 heteroatoms. The Morgan fingerprint density at radius 1 is 1.10 bits per heavy atom. The minimum Gasteiger partial charge on any atom is -0.343 e. The van der Waals surface area contributed by atoms with Crippen LogP contribution >= 0.6 is 15.9 Å². The molecule has 0 spiro atoms. The van der Waals surface area contributed by atoms with Gasteiger partial charge in [0.05, 0.1) is 0 Å². The molecule has 0 bridgehead atoms. The fourth-order valence-electron chi connectivity index (χ4n) is 2.45. The number of nitrogens with two attached hydrogens (primary N) is 1. The van der Waals surface area contributed by atoms with Crippen LogP contribution < -0.4 is 5.73 Å². The van der Waals surface area contributed by atoms with Gasteiger partial charge in [0, 0.05) is 34.7 Å². The fourth-order valence-corrected chi connectivity index (χ4v) is 2.82. The van der Waals surface area contributed by atoms with Crippen LogP contribution in [0.1, 0.15) is 11.1 Å². The molecule has 3 aromatic rings. The molecule has 0 saturated carbocycles. The van der Waals surface area contributed by atoms with Gasteiger partial charge in [-0.15, -0.1) is 0 Å². The minimum absolute atomic E-state index is 0.220. The van der Waals surface area contributed by atoms with E-state index in [0.717, 1.165) is 26.5 Å². The number of nitrogens with zero attached hydrogens (tertiary/aromatic N) is 1. The van der Waals surface area contributed by atoms with E-state index in [0.29, 0.717) is 13.1 Å². The van der Waals surface area contributed by atoms with E-state index in [1.165, 1.54) is 6.07 Å². The van der Waals surface area contributed by atoms with Crippen LogP contribution in [0.3, 0.4) is 0 Å². The lowest BCUT2D eigenvalue weighted by molar-refractivity contribution is 0.623. The second-order valence-electron chi connectivity index (χ2n) is 4.73. The van der Waals surface area contributed by atoms with Crippen LogP contribution in [0.4, 0.5) is 4.39 Å². The Kier molecular flexibility index (Phi) is 3.59. The maximum atomic E-state index is 13.4. The Labute approximate surface area is 125 Å². The number of fused-ring (bicyclic) bond motifs is 1. The van der Waals surface area contributed by atoms with Crippen molar-refractivity contribution in [2.45, 2.75) is 13.1 Å². The van der Waals surface area contributed by atoms with Crippen LogP contribution in [0.5, 0.6) is 0 Å². The SMILES string of the molecule is NCc1cccc2c1ccn2Cc1cc(F)ccc1Br. The number of aromatic nitrogens is 1. The van der Waals surface area contributed by atoms with Crippen molar-refractivity contribution in [1.29, 1.82) is 0 Å². The highest BCUT2D eigenvalue weighted by Crippen LogP contribution is 2.24. The zero-order valence-corrected chi connectivity index (χ0v) is 12.4. The molecule has 0 fully saturated rings. The first-order valence-corrected chi connectivity index (χ1v) is 7.19. The lowest BCUT2D eigenvalue weighted by atomic mass is 10.1. The number of hydrogen-bond donors (Lipinski definition) is 1. The number of rotatable bonds is 3. The smallest absolute Gasteiger partial charge is 0.123 e. The molecule has 1 heterocycles. The molecule has 2 nitrogen and oxygen atoms in total. The summed E-state index contributed by atoms with van der Waals surface area (Å²) >= 11 is 3.47. The van der Waals surface area contributed by atoms with Crippen molar-refractivity contribution in [3.05, 3.63) is 70.1 Å². The predicted octanol–water partition coefficient (Wildman–Crippen LogP) is 4.05. The second-order valence-corrected chi connectivity index (χ2v) is 5.59. The van der Waals surface area contributed by atoms with E-state index in [2.05, 4.69) is 32.6 Å². The summed E-state index contributed by atoms with van der Waals surface area (Å²) in [6.07, 6.45) is 2.02. The molecule has 0 amide bonds. The standard InChI is InChI=1S/C16H14BrFN2/c17-15-5-4-13(18)8-12(15)10-20-7-6-14-11(9-19)2-1-3-16(14)20/h1-8H,9-10,19H2. The Morgan fingerprint density at radius 2 is 1.95 bits per heavy atom. The van der Waals surface area contributed by atoms with E-state index in [1.807, 2.05) is 18.3 Å². The molecule has 0 radical (unpaired) electrons. The van der Waals surface area contributed by atoms with Crippen molar-refractivity contribution in [2.75, 3.05) is 0 Å². The largest absolute Gasteiger partial charge is 0.343 e. The summed E-state index contributed by atoms with van der Waals surface area (Å²) in [6, 6.07) is 12.9. The lowest BCUT2D eigenvalue weighted by Crippen LogP contribution is -2.00. The van der Waals surface area contributed by atoms with Gasteiger partial charge in [-0.3, -0.25) is 0 Å². The van der Waals surface area contributed by atoms with Crippen molar-refractivity contribution in [3.8, 4) is 0 Å². The van der Waals surface area contributed by atoms with Crippen molar-refractivity contribution >= 4 is 26.8 Å². The van der Waals surface area contributed by atoms with Crippen LogP contribution in [-0.2, 0) is 13.1 Å². The van der Waals surface area contributed by atoms with E-state index in [9.17, 15) is 4.39 Å². The monoisotopic (exact) mass is 332 g/mol. The molecule has 0 unspecified atom stereocenters. The predicted molar refractivity (Wildman–Crippen MR) is 83.0 cm³/mol. The third-order valence-electron chi connectivity index (χ3n) is 3.47. The van der Waals surface area contributed by atoms with E-state index < -0.39 is 0 Å². The molecule has 0 saturated heterocycles. The highest BCUT2D eigenvalue weighted by atomic mass is 79.9. The average molecular weight is 333 g/mol. The Morgan fingerprint density at radius 3 is 2.75 bits per heavy atom. The third kappa shape index (κ3) is 2.37. The Hall–Kier alpha value is -1.65. The van der Waals surface area contributed by atoms with Gasteiger partial charge in [-0.05, 0) is 41.5 Å². The molecule has 0 aliphatic carbocycles. The molecule has 3 rings (SSSR count). The summed E-state index contributed by atoms with van der Waals surface area (Å²) in [6.45, 7) is 1.14. The molecule has 0 aliphatic heterocycles. The molecule has 1 aromatic heterocycles. The summed E-state index contributed by atoms with van der Waals surface area (Å²) in [5.74, 6) is -0.220. The highest BCUT2D eigenvalue weighted by molar-refractivity contribution is 9.10. The number of benzene rings is 2. The number of halogens is 2. The molecule has 0 atom stereocenters. The first kappa shape index (κ1) is 13.3. The van der Waals surface area contributed by atoms with Crippen molar-refractivity contribution in [3.63, 3.8) is 0 Å². The molecule has 0 aliphatic rings. The lowest BCUT2D eigenvalue weighted by Gasteiger charge is -2.09. The first-order chi connectivity index (χ1) is 9.69. The van der Waals surface area contributed by atoms with Crippen LogP contribution in [-0.4, -0.2) is 4.57 Å². The topological polar surface area (TPSA) is 30.9 Å². The van der Waals surface area contributed by atoms with Gasteiger partial charge in [-0.25, -0.2) is 4.39 Å². The molecule has 20 heavy (non-hydrogen) atoms. The van der Waals surface area contributed by atoms with Gasteiger partial charge in [0.25, 0.3) is 0 Å². The van der Waals surface area contributed by atoms with E-state index in [4.69, 9.17) is 5.73 Å². The van der Waals surface area contributed by atoms with E-state index in [1.54, 1.807) is 12.1 Å². The van der Waals surface area contributed by atoms with Gasteiger partial charge in [-0.1, -0.05) is 28.1 Å². The summed E-state index contributed by atoms with van der Waals surface area (Å²) in [7, 11) is 0. The normalized spacial score (nSPS) is 11.2. The highest BCUT2D eigenvalue weighted by Gasteiger charge is 2.07. The third-order valence-corrected chi connectivity index (χ3v) is 4.25. The summed E-state index contributed by atoms with van der Waals surface area (Å²) in [4.78, 5) is 0. The van der Waals surface area contributed by atoms with Gasteiger partial charge in [0.15, 0.2) is 0 Å². The molecule has 2 aromatic carbocycles. The summed E-state index contributed by atoms with van der Waals surface area (Å²) in [5, 5.41) is 1.16. The van der Waals surface area contributed by atoms with Crippen LogP contribution in [0.15, 0.2) is 53.1 Å². The van der Waals surface area contributed by atoms with Crippen LogP contribution in [0.2, 0.25) is 0 Å². The van der Waals surface area contributed by atoms with Crippen molar-refractivity contribution in [1.82, 2.24) is 4.57 Å². The van der Waals surface area contributed by atoms with Gasteiger partial charge < -0.3 is 10.3 Å². The van der Waals surface area contributed by atoms with Crippen LogP contribution in [0.25, 0.3) is 10.9 Å². The van der Waals surface area contributed by atoms with E-state index >= 15 is 0 Å². The number of hydrogen-bond acceptors (Lipinski definition) is 1. The zero-order chi connectivity index (χ0) is 14.1. The van der Waals surface area contributed by atoms with Crippen molar-refractivity contribution in [2.24, 2.45) is 5.73 Å². The Bertz CT molecular complexity index is 764. The fraction of sp³-hybridized carbons (Fsp3) is 0.125. The van der Waals surface area contributed by atoms with Gasteiger partial charge in [0.2, 0.25) is 0 Å². The maximum Gasteiger partial charge on any atom is 0.123 e. The second kappa shape index (κ2) is 5.38. The van der Waals surface area contributed by atoms with Gasteiger partial charge in [-0.2, -0.15) is 0 Å². The van der Waals surface area contributed by atoms with Crippen LogP contribution in [0, 0.1) is 5.82 Å². The first-order valence-electron chi connectivity index (χ1n) is 6.40. The van der Waals surface area contributed by atoms with Gasteiger partial charge >= 0.3 is 0 Å². The van der Waals surface area contributed by atoms with E-state index in [-0.39, 0.29) is 5.82 Å². The average Bonchev–Trinajstić information content (AvgIpc) is 2.86. The molecule has 2 N–H and O–H groups in total. The van der Waals surface area contributed by atoms with Crippen molar-refractivity contribution < 1.29 is 4.39 Å². The summed E-state index contributed by atoms with van der Waals surface area (Å²) < 4.78 is 16.4. The minimum atomic E-state index is -0.220. The zero-order valence-electron chi connectivity index (χ0n) is 10.8. The molecule has 102 valence electrons.